The molecule has 1 aliphatic rings. The lowest BCUT2D eigenvalue weighted by Crippen LogP contribution is -2.41. The van der Waals surface area contributed by atoms with Crippen LogP contribution in [0.15, 0.2) is 18.2 Å². The van der Waals surface area contributed by atoms with Gasteiger partial charge in [0.1, 0.15) is 5.75 Å². The zero-order valence-electron chi connectivity index (χ0n) is 12.4. The number of benzene rings is 1. The van der Waals surface area contributed by atoms with E-state index in [1.54, 1.807) is 6.07 Å². The first-order valence-electron chi connectivity index (χ1n) is 7.30. The van der Waals surface area contributed by atoms with Crippen LogP contribution in [0.2, 0.25) is 0 Å². The van der Waals surface area contributed by atoms with E-state index in [2.05, 4.69) is 5.32 Å². The molecule has 21 heavy (non-hydrogen) atoms. The van der Waals surface area contributed by atoms with E-state index in [1.807, 2.05) is 26.0 Å². The minimum absolute atomic E-state index is 0.209. The number of carboxylic acid groups (broad SMARTS) is 1. The number of carbonyl (C=O) groups excluding carboxylic acids is 1. The standard InChI is InChI=1S/C16H21NO4/c1-3-8-21-11-4-7-14(10(2)9-11)17-15(18)12-5-6-13(12)16(19)20/h4,7,9,12-13H,3,5-6,8H2,1-2H3,(H,17,18)(H,19,20). The second kappa shape index (κ2) is 6.61. The maximum absolute atomic E-state index is 12.1. The van der Waals surface area contributed by atoms with Gasteiger partial charge in [-0.15, -0.1) is 0 Å². The Morgan fingerprint density at radius 1 is 1.33 bits per heavy atom. The number of hydrogen-bond donors (Lipinski definition) is 2. The van der Waals surface area contributed by atoms with E-state index in [9.17, 15) is 9.59 Å². The van der Waals surface area contributed by atoms with Gasteiger partial charge in [0.05, 0.1) is 18.4 Å². The molecule has 2 N–H and O–H groups in total. The molecule has 0 spiro atoms. The first-order valence-corrected chi connectivity index (χ1v) is 7.30. The summed E-state index contributed by atoms with van der Waals surface area (Å²) in [7, 11) is 0. The van der Waals surface area contributed by atoms with Gasteiger partial charge in [0, 0.05) is 5.69 Å². The summed E-state index contributed by atoms with van der Waals surface area (Å²) in [5.41, 5.74) is 1.61. The van der Waals surface area contributed by atoms with E-state index in [0.717, 1.165) is 17.7 Å². The third kappa shape index (κ3) is 3.54. The van der Waals surface area contributed by atoms with Gasteiger partial charge in [-0.1, -0.05) is 6.92 Å². The lowest BCUT2D eigenvalue weighted by Gasteiger charge is -2.32. The van der Waals surface area contributed by atoms with E-state index in [-0.39, 0.29) is 5.91 Å². The molecule has 114 valence electrons. The SMILES string of the molecule is CCCOc1ccc(NC(=O)C2CCC2C(=O)O)c(C)c1. The first kappa shape index (κ1) is 15.4. The lowest BCUT2D eigenvalue weighted by atomic mass is 9.73. The summed E-state index contributed by atoms with van der Waals surface area (Å²) in [6, 6.07) is 5.49. The number of aryl methyl sites for hydroxylation is 1. The number of carboxylic acids is 1. The van der Waals surface area contributed by atoms with E-state index >= 15 is 0 Å². The summed E-state index contributed by atoms with van der Waals surface area (Å²) < 4.78 is 5.53. The molecule has 2 rings (SSSR count). The third-order valence-corrected chi connectivity index (χ3v) is 3.86. The van der Waals surface area contributed by atoms with E-state index in [4.69, 9.17) is 9.84 Å². The van der Waals surface area contributed by atoms with E-state index in [0.29, 0.717) is 25.1 Å². The molecule has 2 atom stereocenters. The molecule has 5 nitrogen and oxygen atoms in total. The van der Waals surface area contributed by atoms with Crippen LogP contribution >= 0.6 is 0 Å². The number of anilines is 1. The molecule has 0 aliphatic heterocycles. The number of ether oxygens (including phenoxy) is 1. The number of amides is 1. The van der Waals surface area contributed by atoms with Crippen LogP contribution in [0, 0.1) is 18.8 Å². The number of aliphatic carboxylic acids is 1. The summed E-state index contributed by atoms with van der Waals surface area (Å²) in [6.45, 7) is 4.59. The van der Waals surface area contributed by atoms with Gasteiger partial charge in [-0.3, -0.25) is 9.59 Å². The van der Waals surface area contributed by atoms with Crippen LogP contribution in [0.3, 0.4) is 0 Å². The Balaban J connectivity index is 1.99. The minimum atomic E-state index is -0.888. The number of carbonyl (C=O) groups is 2. The molecule has 1 amide bonds. The van der Waals surface area contributed by atoms with Gasteiger partial charge < -0.3 is 15.2 Å². The molecule has 0 heterocycles. The smallest absolute Gasteiger partial charge is 0.307 e. The maximum atomic E-state index is 12.1. The van der Waals surface area contributed by atoms with Crippen LogP contribution < -0.4 is 10.1 Å². The summed E-state index contributed by atoms with van der Waals surface area (Å²) >= 11 is 0. The van der Waals surface area contributed by atoms with Crippen molar-refractivity contribution in [3.8, 4) is 5.75 Å². The van der Waals surface area contributed by atoms with E-state index in [1.165, 1.54) is 0 Å². The van der Waals surface area contributed by atoms with Gasteiger partial charge in [-0.2, -0.15) is 0 Å². The van der Waals surface area contributed by atoms with E-state index < -0.39 is 17.8 Å². The molecule has 1 aliphatic carbocycles. The average Bonchev–Trinajstić information content (AvgIpc) is 2.37. The minimum Gasteiger partial charge on any atom is -0.494 e. The van der Waals surface area contributed by atoms with Crippen molar-refractivity contribution in [2.45, 2.75) is 33.1 Å². The predicted octanol–water partition coefficient (Wildman–Crippen LogP) is 2.83. The Bertz CT molecular complexity index is 541. The van der Waals surface area contributed by atoms with Crippen molar-refractivity contribution in [3.63, 3.8) is 0 Å². The molecule has 1 aromatic rings. The molecule has 1 fully saturated rings. The highest BCUT2D eigenvalue weighted by Crippen LogP contribution is 2.35. The molecule has 1 saturated carbocycles. The summed E-state index contributed by atoms with van der Waals surface area (Å²) in [5, 5.41) is 11.8. The molecule has 0 bridgehead atoms. The summed E-state index contributed by atoms with van der Waals surface area (Å²) in [5.74, 6) is -1.28. The first-order chi connectivity index (χ1) is 10.0. The zero-order chi connectivity index (χ0) is 15.4. The third-order valence-electron chi connectivity index (χ3n) is 3.86. The van der Waals surface area contributed by atoms with Crippen molar-refractivity contribution >= 4 is 17.6 Å². The number of hydrogen-bond acceptors (Lipinski definition) is 3. The number of rotatable bonds is 6. The van der Waals surface area contributed by atoms with Crippen molar-refractivity contribution in [1.82, 2.24) is 0 Å². The predicted molar refractivity (Wildman–Crippen MR) is 79.4 cm³/mol. The second-order valence-electron chi connectivity index (χ2n) is 5.44. The highest BCUT2D eigenvalue weighted by Gasteiger charge is 2.41. The Kier molecular flexibility index (Phi) is 4.83. The Labute approximate surface area is 124 Å². The van der Waals surface area contributed by atoms with Crippen LogP contribution in [-0.4, -0.2) is 23.6 Å². The van der Waals surface area contributed by atoms with Crippen LogP contribution in [0.25, 0.3) is 0 Å². The molecular weight excluding hydrogens is 270 g/mol. The topological polar surface area (TPSA) is 75.6 Å². The van der Waals surface area contributed by atoms with Crippen LogP contribution in [0.1, 0.15) is 31.7 Å². The van der Waals surface area contributed by atoms with Crippen LogP contribution in [0.5, 0.6) is 5.75 Å². The van der Waals surface area contributed by atoms with Crippen molar-refractivity contribution in [2.24, 2.45) is 11.8 Å². The molecule has 0 aromatic heterocycles. The fourth-order valence-corrected chi connectivity index (χ4v) is 2.42. The second-order valence-corrected chi connectivity index (χ2v) is 5.44. The lowest BCUT2D eigenvalue weighted by molar-refractivity contribution is -0.151. The van der Waals surface area contributed by atoms with Gasteiger partial charge in [0.25, 0.3) is 0 Å². The Hall–Kier alpha value is -2.04. The number of nitrogens with one attached hydrogen (secondary N) is 1. The largest absolute Gasteiger partial charge is 0.494 e. The normalized spacial score (nSPS) is 20.5. The molecule has 0 radical (unpaired) electrons. The van der Waals surface area contributed by atoms with Gasteiger partial charge in [0.2, 0.25) is 5.91 Å². The molecular formula is C16H21NO4. The summed E-state index contributed by atoms with van der Waals surface area (Å²) in [4.78, 5) is 23.1. The molecule has 2 unspecified atom stereocenters. The summed E-state index contributed by atoms with van der Waals surface area (Å²) in [6.07, 6.45) is 2.16. The maximum Gasteiger partial charge on any atom is 0.307 e. The molecule has 5 heteroatoms. The van der Waals surface area contributed by atoms with Gasteiger partial charge >= 0.3 is 5.97 Å². The highest BCUT2D eigenvalue weighted by molar-refractivity contribution is 5.96. The van der Waals surface area contributed by atoms with Crippen molar-refractivity contribution in [2.75, 3.05) is 11.9 Å². The Morgan fingerprint density at radius 3 is 2.57 bits per heavy atom. The highest BCUT2D eigenvalue weighted by atomic mass is 16.5. The fraction of sp³-hybridized carbons (Fsp3) is 0.500. The molecule has 0 saturated heterocycles. The van der Waals surface area contributed by atoms with Gasteiger partial charge in [-0.25, -0.2) is 0 Å². The van der Waals surface area contributed by atoms with Gasteiger partial charge in [-0.05, 0) is 49.9 Å². The monoisotopic (exact) mass is 291 g/mol. The van der Waals surface area contributed by atoms with Crippen LogP contribution in [-0.2, 0) is 9.59 Å². The van der Waals surface area contributed by atoms with Crippen molar-refractivity contribution < 1.29 is 19.4 Å². The van der Waals surface area contributed by atoms with Gasteiger partial charge in [0.15, 0.2) is 0 Å². The quantitative estimate of drug-likeness (QED) is 0.845. The Morgan fingerprint density at radius 2 is 2.05 bits per heavy atom. The zero-order valence-corrected chi connectivity index (χ0v) is 12.4. The van der Waals surface area contributed by atoms with Crippen molar-refractivity contribution in [1.29, 1.82) is 0 Å². The fourth-order valence-electron chi connectivity index (χ4n) is 2.42. The average molecular weight is 291 g/mol. The molecule has 1 aromatic carbocycles. The van der Waals surface area contributed by atoms with Crippen LogP contribution in [0.4, 0.5) is 5.69 Å². The van der Waals surface area contributed by atoms with Crippen molar-refractivity contribution in [3.05, 3.63) is 23.8 Å².